The van der Waals surface area contributed by atoms with Crippen molar-refractivity contribution in [1.29, 1.82) is 0 Å². The average molecular weight is 195 g/mol. The lowest BCUT2D eigenvalue weighted by molar-refractivity contribution is 0.0762. The van der Waals surface area contributed by atoms with E-state index in [4.69, 9.17) is 10.8 Å². The van der Waals surface area contributed by atoms with Gasteiger partial charge in [-0.15, -0.1) is 0 Å². The molecule has 1 rings (SSSR count). The average Bonchev–Trinajstić information content (AvgIpc) is 2.18. The van der Waals surface area contributed by atoms with E-state index in [2.05, 4.69) is 4.98 Å². The number of nitrogens with two attached hydrogens (primary N) is 1. The molecule has 0 radical (unpaired) electrons. The van der Waals surface area contributed by atoms with Crippen molar-refractivity contribution in [3.8, 4) is 0 Å². The lowest BCUT2D eigenvalue weighted by Crippen LogP contribution is -2.30. The van der Waals surface area contributed by atoms with Crippen molar-refractivity contribution in [3.63, 3.8) is 0 Å². The van der Waals surface area contributed by atoms with Crippen LogP contribution in [0.15, 0.2) is 18.3 Å². The summed E-state index contributed by atoms with van der Waals surface area (Å²) in [6.45, 7) is 0.198. The van der Waals surface area contributed by atoms with Crippen molar-refractivity contribution in [3.05, 3.63) is 24.0 Å². The Balaban J connectivity index is 2.84. The number of hydrogen-bond donors (Lipinski definition) is 2. The molecule has 1 aromatic rings. The molecular weight excluding hydrogens is 182 g/mol. The van der Waals surface area contributed by atoms with Crippen molar-refractivity contribution in [2.75, 3.05) is 25.9 Å². The van der Waals surface area contributed by atoms with Gasteiger partial charge in [0.1, 0.15) is 0 Å². The van der Waals surface area contributed by atoms with E-state index in [1.807, 2.05) is 0 Å². The molecular formula is C9H13N3O2. The number of likely N-dealkylation sites (N-methyl/N-ethyl adjacent to an activating group) is 1. The first kappa shape index (κ1) is 10.5. The van der Waals surface area contributed by atoms with Crippen LogP contribution in [0.5, 0.6) is 0 Å². The van der Waals surface area contributed by atoms with Crippen molar-refractivity contribution >= 4 is 11.6 Å². The normalized spacial score (nSPS) is 9.86. The van der Waals surface area contributed by atoms with Crippen LogP contribution in [0, 0.1) is 0 Å². The summed E-state index contributed by atoms with van der Waals surface area (Å²) >= 11 is 0. The summed E-state index contributed by atoms with van der Waals surface area (Å²) in [4.78, 5) is 16.9. The van der Waals surface area contributed by atoms with Gasteiger partial charge in [-0.1, -0.05) is 0 Å². The summed E-state index contributed by atoms with van der Waals surface area (Å²) < 4.78 is 0. The molecule has 0 aliphatic carbocycles. The lowest BCUT2D eigenvalue weighted by Gasteiger charge is -2.15. The first-order valence-electron chi connectivity index (χ1n) is 4.23. The number of anilines is 1. The third kappa shape index (κ3) is 2.20. The topological polar surface area (TPSA) is 79.5 Å². The third-order valence-corrected chi connectivity index (χ3v) is 1.82. The highest BCUT2D eigenvalue weighted by Gasteiger charge is 2.14. The largest absolute Gasteiger partial charge is 0.397 e. The molecule has 5 nitrogen and oxygen atoms in total. The van der Waals surface area contributed by atoms with Crippen molar-refractivity contribution in [2.45, 2.75) is 0 Å². The second kappa shape index (κ2) is 4.57. The lowest BCUT2D eigenvalue weighted by atomic mass is 10.3. The molecule has 0 atom stereocenters. The summed E-state index contributed by atoms with van der Waals surface area (Å²) in [7, 11) is 1.59. The van der Waals surface area contributed by atoms with Crippen molar-refractivity contribution in [1.82, 2.24) is 9.88 Å². The second-order valence-electron chi connectivity index (χ2n) is 2.89. The summed E-state index contributed by atoms with van der Waals surface area (Å²) in [6, 6.07) is 3.28. The number of aliphatic hydroxyl groups is 1. The van der Waals surface area contributed by atoms with E-state index in [-0.39, 0.29) is 24.8 Å². The predicted molar refractivity (Wildman–Crippen MR) is 52.7 cm³/mol. The van der Waals surface area contributed by atoms with Crippen LogP contribution in [0.4, 0.5) is 5.69 Å². The van der Waals surface area contributed by atoms with E-state index in [1.165, 1.54) is 11.1 Å². The number of rotatable bonds is 3. The fourth-order valence-corrected chi connectivity index (χ4v) is 1.03. The molecule has 0 aliphatic rings. The molecule has 0 fully saturated rings. The van der Waals surface area contributed by atoms with E-state index in [1.54, 1.807) is 19.2 Å². The molecule has 1 amide bonds. The van der Waals surface area contributed by atoms with E-state index in [9.17, 15) is 4.79 Å². The summed E-state index contributed by atoms with van der Waals surface area (Å²) in [5.74, 6) is -0.280. The number of nitrogens with zero attached hydrogens (tertiary/aromatic N) is 2. The first-order valence-corrected chi connectivity index (χ1v) is 4.23. The number of aromatic nitrogens is 1. The van der Waals surface area contributed by atoms with Gasteiger partial charge in [0.2, 0.25) is 0 Å². The monoisotopic (exact) mass is 195 g/mol. The molecule has 76 valence electrons. The van der Waals surface area contributed by atoms with Gasteiger partial charge in [-0.25, -0.2) is 4.98 Å². The highest BCUT2D eigenvalue weighted by molar-refractivity contribution is 5.96. The Morgan fingerprint density at radius 2 is 2.43 bits per heavy atom. The quantitative estimate of drug-likeness (QED) is 0.695. The van der Waals surface area contributed by atoms with Gasteiger partial charge in [-0.05, 0) is 12.1 Å². The zero-order chi connectivity index (χ0) is 10.6. The number of pyridine rings is 1. The fourth-order valence-electron chi connectivity index (χ4n) is 1.03. The van der Waals surface area contributed by atoms with Gasteiger partial charge in [0, 0.05) is 19.8 Å². The van der Waals surface area contributed by atoms with Gasteiger partial charge in [0.15, 0.2) is 5.69 Å². The van der Waals surface area contributed by atoms with Gasteiger partial charge >= 0.3 is 0 Å². The predicted octanol–water partition coefficient (Wildman–Crippen LogP) is -0.272. The first-order chi connectivity index (χ1) is 6.66. The summed E-state index contributed by atoms with van der Waals surface area (Å²) in [6.07, 6.45) is 1.51. The molecule has 0 aliphatic heterocycles. The molecule has 0 bridgehead atoms. The molecule has 0 aromatic carbocycles. The standard InChI is InChI=1S/C9H13N3O2/c1-12(5-6-13)9(14)8-7(10)3-2-4-11-8/h2-4,13H,5-6,10H2,1H3. The van der Waals surface area contributed by atoms with E-state index < -0.39 is 0 Å². The maximum absolute atomic E-state index is 11.6. The summed E-state index contributed by atoms with van der Waals surface area (Å²) in [5.41, 5.74) is 6.16. The Hall–Kier alpha value is -1.62. The highest BCUT2D eigenvalue weighted by Crippen LogP contribution is 2.08. The minimum absolute atomic E-state index is 0.0744. The maximum Gasteiger partial charge on any atom is 0.274 e. The Morgan fingerprint density at radius 3 is 3.00 bits per heavy atom. The number of nitrogen functional groups attached to an aromatic ring is 1. The number of amides is 1. The van der Waals surface area contributed by atoms with Gasteiger partial charge in [-0.3, -0.25) is 4.79 Å². The third-order valence-electron chi connectivity index (χ3n) is 1.82. The Bertz CT molecular complexity index is 328. The van der Waals surface area contributed by atoms with Crippen LogP contribution in [0.3, 0.4) is 0 Å². The van der Waals surface area contributed by atoms with Crippen LogP contribution in [0.2, 0.25) is 0 Å². The molecule has 1 heterocycles. The van der Waals surface area contributed by atoms with Gasteiger partial charge < -0.3 is 15.7 Å². The van der Waals surface area contributed by atoms with Crippen molar-refractivity contribution in [2.24, 2.45) is 0 Å². The molecule has 0 spiro atoms. The Labute approximate surface area is 82.2 Å². The van der Waals surface area contributed by atoms with Crippen LogP contribution in [0.25, 0.3) is 0 Å². The van der Waals surface area contributed by atoms with E-state index in [0.717, 1.165) is 0 Å². The number of aliphatic hydroxyl groups excluding tert-OH is 1. The maximum atomic E-state index is 11.6. The van der Waals surface area contributed by atoms with Crippen LogP contribution in [-0.4, -0.2) is 41.1 Å². The SMILES string of the molecule is CN(CCO)C(=O)c1ncccc1N. The number of hydrogen-bond acceptors (Lipinski definition) is 4. The van der Waals surface area contributed by atoms with E-state index >= 15 is 0 Å². The zero-order valence-corrected chi connectivity index (χ0v) is 7.97. The molecule has 1 aromatic heterocycles. The minimum Gasteiger partial charge on any atom is -0.397 e. The molecule has 0 saturated carbocycles. The van der Waals surface area contributed by atoms with Crippen LogP contribution in [0.1, 0.15) is 10.5 Å². The summed E-state index contributed by atoms with van der Waals surface area (Å²) in [5, 5.41) is 8.66. The van der Waals surface area contributed by atoms with Gasteiger partial charge in [-0.2, -0.15) is 0 Å². The molecule has 5 heteroatoms. The molecule has 0 unspecified atom stereocenters. The van der Waals surface area contributed by atoms with Crippen LogP contribution >= 0.6 is 0 Å². The Kier molecular flexibility index (Phi) is 3.41. The molecule has 3 N–H and O–H groups in total. The number of carbonyl (C=O) groups excluding carboxylic acids is 1. The second-order valence-corrected chi connectivity index (χ2v) is 2.89. The Morgan fingerprint density at radius 1 is 1.71 bits per heavy atom. The van der Waals surface area contributed by atoms with Gasteiger partial charge in [0.05, 0.1) is 12.3 Å². The van der Waals surface area contributed by atoms with E-state index in [0.29, 0.717) is 5.69 Å². The van der Waals surface area contributed by atoms with Crippen LogP contribution < -0.4 is 5.73 Å². The molecule has 14 heavy (non-hydrogen) atoms. The number of carbonyl (C=O) groups is 1. The van der Waals surface area contributed by atoms with Gasteiger partial charge in [0.25, 0.3) is 5.91 Å². The van der Waals surface area contributed by atoms with Crippen LogP contribution in [-0.2, 0) is 0 Å². The smallest absolute Gasteiger partial charge is 0.274 e. The highest BCUT2D eigenvalue weighted by atomic mass is 16.3. The zero-order valence-electron chi connectivity index (χ0n) is 7.97. The minimum atomic E-state index is -0.280. The molecule has 0 saturated heterocycles. The fraction of sp³-hybridized carbons (Fsp3) is 0.333. The van der Waals surface area contributed by atoms with Crippen molar-refractivity contribution < 1.29 is 9.90 Å².